The minimum absolute atomic E-state index is 0.227. The van der Waals surface area contributed by atoms with Gasteiger partial charge < -0.3 is 10.0 Å². The lowest BCUT2D eigenvalue weighted by molar-refractivity contribution is 0.205. The molecule has 1 saturated heterocycles. The Morgan fingerprint density at radius 3 is 2.92 bits per heavy atom. The Morgan fingerprint density at radius 2 is 2.12 bits per heavy atom. The summed E-state index contributed by atoms with van der Waals surface area (Å²) in [5.41, 5.74) is 3.20. The summed E-state index contributed by atoms with van der Waals surface area (Å²) < 4.78 is 2.00. The maximum absolute atomic E-state index is 10.2. The zero-order valence-corrected chi connectivity index (χ0v) is 14.0. The lowest BCUT2D eigenvalue weighted by Crippen LogP contribution is -2.34. The van der Waals surface area contributed by atoms with Crippen LogP contribution >= 0.6 is 0 Å². The topological polar surface area (TPSA) is 67.1 Å². The summed E-state index contributed by atoms with van der Waals surface area (Å²) >= 11 is 0. The Hall–Kier alpha value is -2.47. The number of likely N-dealkylation sites (N-methyl/N-ethyl adjacent to an activating group) is 1. The lowest BCUT2D eigenvalue weighted by atomic mass is 10.0. The summed E-state index contributed by atoms with van der Waals surface area (Å²) in [5, 5.41) is 24.5. The third-order valence-electron chi connectivity index (χ3n) is 4.79. The third-order valence-corrected chi connectivity index (χ3v) is 4.79. The highest BCUT2D eigenvalue weighted by Crippen LogP contribution is 2.32. The van der Waals surface area contributed by atoms with Gasteiger partial charge in [0.05, 0.1) is 17.9 Å². The van der Waals surface area contributed by atoms with E-state index in [1.807, 2.05) is 36.0 Å². The average Bonchev–Trinajstić information content (AvgIpc) is 2.98. The van der Waals surface area contributed by atoms with E-state index in [9.17, 15) is 5.11 Å². The molecule has 0 bridgehead atoms. The zero-order valence-electron chi connectivity index (χ0n) is 14.0. The van der Waals surface area contributed by atoms with Gasteiger partial charge in [0.2, 0.25) is 0 Å². The normalized spacial score (nSPS) is 19.0. The molecule has 24 heavy (non-hydrogen) atoms. The number of likely N-dealkylation sites (tertiary alicyclic amines) is 1. The van der Waals surface area contributed by atoms with E-state index in [0.29, 0.717) is 11.7 Å². The molecule has 1 aromatic carbocycles. The Bertz CT molecular complexity index is 868. The van der Waals surface area contributed by atoms with Crippen LogP contribution in [0.3, 0.4) is 0 Å². The molecule has 0 saturated carbocycles. The van der Waals surface area contributed by atoms with Crippen LogP contribution in [0.4, 0.5) is 0 Å². The van der Waals surface area contributed by atoms with Crippen LogP contribution in [0, 0.1) is 6.92 Å². The Balaban J connectivity index is 1.76. The summed E-state index contributed by atoms with van der Waals surface area (Å²) in [6.07, 6.45) is 4.13. The maximum Gasteiger partial charge on any atom is 0.180 e. The lowest BCUT2D eigenvalue weighted by Gasteiger charge is -2.29. The van der Waals surface area contributed by atoms with Crippen molar-refractivity contribution < 1.29 is 5.11 Å². The first-order valence-corrected chi connectivity index (χ1v) is 8.32. The van der Waals surface area contributed by atoms with Gasteiger partial charge in [-0.25, -0.2) is 4.68 Å². The van der Waals surface area contributed by atoms with Gasteiger partial charge in [-0.3, -0.25) is 0 Å². The first kappa shape index (κ1) is 15.1. The maximum atomic E-state index is 10.2. The summed E-state index contributed by atoms with van der Waals surface area (Å²) in [7, 11) is 2.14. The molecule has 0 spiro atoms. The number of phenolic OH excluding ortho intramolecular Hbond substituents is 1. The van der Waals surface area contributed by atoms with Crippen LogP contribution in [-0.4, -0.2) is 50.1 Å². The molecule has 124 valence electrons. The molecule has 1 atom stereocenters. The number of aryl methyl sites for hydroxylation is 1. The van der Waals surface area contributed by atoms with Gasteiger partial charge in [-0.1, -0.05) is 12.1 Å². The van der Waals surface area contributed by atoms with Gasteiger partial charge in [0.15, 0.2) is 5.65 Å². The van der Waals surface area contributed by atoms with Crippen molar-refractivity contribution >= 4 is 11.0 Å². The number of piperidine rings is 1. The molecule has 1 aliphatic rings. The van der Waals surface area contributed by atoms with E-state index >= 15 is 0 Å². The Labute approximate surface area is 140 Å². The largest absolute Gasteiger partial charge is 0.507 e. The fraction of sp³-hybridized carbons (Fsp3) is 0.389. The SMILES string of the molecule is Cc1cccc(O)c1-c1cc2cnn(C3CCCN(C)C3)c2nn1. The third kappa shape index (κ3) is 2.53. The molecule has 6 heteroatoms. The molecule has 6 nitrogen and oxygen atoms in total. The van der Waals surface area contributed by atoms with Gasteiger partial charge in [0, 0.05) is 17.5 Å². The van der Waals surface area contributed by atoms with Crippen LogP contribution in [0.2, 0.25) is 0 Å². The summed E-state index contributed by atoms with van der Waals surface area (Å²) in [6.45, 7) is 4.08. The van der Waals surface area contributed by atoms with Crippen molar-refractivity contribution in [3.05, 3.63) is 36.0 Å². The number of rotatable bonds is 2. The van der Waals surface area contributed by atoms with Crippen molar-refractivity contribution in [1.82, 2.24) is 24.9 Å². The first-order chi connectivity index (χ1) is 11.6. The predicted octanol–water partition coefficient (Wildman–Crippen LogP) is 2.77. The van der Waals surface area contributed by atoms with E-state index in [1.54, 1.807) is 6.07 Å². The van der Waals surface area contributed by atoms with Crippen molar-refractivity contribution in [3.63, 3.8) is 0 Å². The van der Waals surface area contributed by atoms with Crippen molar-refractivity contribution in [1.29, 1.82) is 0 Å². The molecule has 3 aromatic rings. The van der Waals surface area contributed by atoms with E-state index in [4.69, 9.17) is 0 Å². The van der Waals surface area contributed by atoms with Gasteiger partial charge in [-0.05, 0) is 51.1 Å². The van der Waals surface area contributed by atoms with E-state index in [-0.39, 0.29) is 5.75 Å². The second-order valence-electron chi connectivity index (χ2n) is 6.62. The summed E-state index contributed by atoms with van der Waals surface area (Å²) in [4.78, 5) is 2.33. The second-order valence-corrected chi connectivity index (χ2v) is 6.62. The number of hydrogen-bond acceptors (Lipinski definition) is 5. The van der Waals surface area contributed by atoms with Gasteiger partial charge in [0.1, 0.15) is 5.75 Å². The molecule has 1 N–H and O–H groups in total. The summed E-state index contributed by atoms with van der Waals surface area (Å²) in [5.74, 6) is 0.227. The van der Waals surface area contributed by atoms with E-state index in [1.165, 1.54) is 6.42 Å². The highest BCUT2D eigenvalue weighted by Gasteiger charge is 2.22. The number of aromatic nitrogens is 4. The van der Waals surface area contributed by atoms with Crippen LogP contribution in [0.15, 0.2) is 30.5 Å². The number of aromatic hydroxyl groups is 1. The molecule has 3 heterocycles. The fourth-order valence-electron chi connectivity index (χ4n) is 3.57. The van der Waals surface area contributed by atoms with E-state index in [2.05, 4.69) is 27.2 Å². The second kappa shape index (κ2) is 5.87. The molecule has 0 aliphatic carbocycles. The van der Waals surface area contributed by atoms with E-state index in [0.717, 1.165) is 41.7 Å². The molecule has 1 aliphatic heterocycles. The number of benzene rings is 1. The summed E-state index contributed by atoms with van der Waals surface area (Å²) in [6, 6.07) is 7.77. The number of nitrogens with zero attached hydrogens (tertiary/aromatic N) is 5. The van der Waals surface area contributed by atoms with Crippen molar-refractivity contribution in [3.8, 4) is 17.0 Å². The molecule has 1 fully saturated rings. The van der Waals surface area contributed by atoms with Crippen molar-refractivity contribution in [2.24, 2.45) is 0 Å². The van der Waals surface area contributed by atoms with Crippen LogP contribution in [0.25, 0.3) is 22.3 Å². The molecule has 4 rings (SSSR count). The highest BCUT2D eigenvalue weighted by molar-refractivity contribution is 5.81. The van der Waals surface area contributed by atoms with Crippen LogP contribution in [0.1, 0.15) is 24.4 Å². The first-order valence-electron chi connectivity index (χ1n) is 8.32. The number of fused-ring (bicyclic) bond motifs is 1. The Kier molecular flexibility index (Phi) is 3.69. The smallest absolute Gasteiger partial charge is 0.180 e. The number of hydrogen-bond donors (Lipinski definition) is 1. The van der Waals surface area contributed by atoms with Gasteiger partial charge >= 0.3 is 0 Å². The van der Waals surface area contributed by atoms with Crippen molar-refractivity contribution in [2.75, 3.05) is 20.1 Å². The monoisotopic (exact) mass is 323 g/mol. The predicted molar refractivity (Wildman–Crippen MR) is 92.9 cm³/mol. The standard InChI is InChI=1S/C18H21N5O/c1-12-5-3-7-16(24)17(12)15-9-13-10-19-23(18(13)21-20-15)14-6-4-8-22(2)11-14/h3,5,7,9-10,14,24H,4,6,8,11H2,1-2H3. The minimum atomic E-state index is 0.227. The van der Waals surface area contributed by atoms with E-state index < -0.39 is 0 Å². The molecular weight excluding hydrogens is 302 g/mol. The average molecular weight is 323 g/mol. The Morgan fingerprint density at radius 1 is 1.25 bits per heavy atom. The molecular formula is C18H21N5O. The van der Waals surface area contributed by atoms with Crippen LogP contribution in [-0.2, 0) is 0 Å². The van der Waals surface area contributed by atoms with Crippen LogP contribution < -0.4 is 0 Å². The van der Waals surface area contributed by atoms with Gasteiger partial charge in [0.25, 0.3) is 0 Å². The fourth-order valence-corrected chi connectivity index (χ4v) is 3.57. The highest BCUT2D eigenvalue weighted by atomic mass is 16.3. The molecule has 0 amide bonds. The number of phenols is 1. The minimum Gasteiger partial charge on any atom is -0.507 e. The van der Waals surface area contributed by atoms with Crippen LogP contribution in [0.5, 0.6) is 5.75 Å². The molecule has 1 unspecified atom stereocenters. The zero-order chi connectivity index (χ0) is 16.7. The quantitative estimate of drug-likeness (QED) is 0.785. The van der Waals surface area contributed by atoms with Gasteiger partial charge in [-0.2, -0.15) is 5.10 Å². The van der Waals surface area contributed by atoms with Crippen molar-refractivity contribution in [2.45, 2.75) is 25.8 Å². The molecule has 0 radical (unpaired) electrons. The van der Waals surface area contributed by atoms with Gasteiger partial charge in [-0.15, -0.1) is 10.2 Å². The molecule has 2 aromatic heterocycles.